The summed E-state index contributed by atoms with van der Waals surface area (Å²) in [6.45, 7) is 6.11. The molecule has 1 aromatic heterocycles. The maximum Gasteiger partial charge on any atom is 0.274 e. The van der Waals surface area contributed by atoms with Crippen molar-refractivity contribution >= 4 is 26.9 Å². The number of nitrogens with two attached hydrogens (primary N) is 1. The van der Waals surface area contributed by atoms with Crippen LogP contribution in [0.3, 0.4) is 0 Å². The Kier molecular flexibility index (Phi) is 6.16. The van der Waals surface area contributed by atoms with Crippen LogP contribution in [0.15, 0.2) is 18.5 Å². The number of hydrogen-bond acceptors (Lipinski definition) is 7. The van der Waals surface area contributed by atoms with Gasteiger partial charge in [0.1, 0.15) is 12.1 Å². The van der Waals surface area contributed by atoms with Gasteiger partial charge in [0.2, 0.25) is 0 Å². The molecule has 1 aliphatic rings. The molecule has 2 aromatic rings. The molecule has 29 heavy (non-hydrogen) atoms. The molecule has 0 bridgehead atoms. The molecule has 9 nitrogen and oxygen atoms in total. The number of anilines is 1. The SMILES string of the molecule is COc1cc2ncnc(N3CCC(C(C)(C)CNS(N)(=O)=O)CC3)c2cc1OC. The van der Waals surface area contributed by atoms with Crippen LogP contribution in [-0.4, -0.2) is 52.2 Å². The molecule has 0 unspecified atom stereocenters. The summed E-state index contributed by atoms with van der Waals surface area (Å²) >= 11 is 0. The van der Waals surface area contributed by atoms with Gasteiger partial charge < -0.3 is 14.4 Å². The molecule has 0 amide bonds. The van der Waals surface area contributed by atoms with E-state index in [9.17, 15) is 8.42 Å². The Morgan fingerprint density at radius 2 is 1.79 bits per heavy atom. The maximum atomic E-state index is 11.2. The number of piperidine rings is 1. The van der Waals surface area contributed by atoms with Gasteiger partial charge in [-0.2, -0.15) is 8.42 Å². The van der Waals surface area contributed by atoms with Gasteiger partial charge in [0.25, 0.3) is 10.2 Å². The first-order chi connectivity index (χ1) is 13.6. The Morgan fingerprint density at radius 3 is 2.38 bits per heavy atom. The van der Waals surface area contributed by atoms with E-state index in [4.69, 9.17) is 14.6 Å². The van der Waals surface area contributed by atoms with Gasteiger partial charge >= 0.3 is 0 Å². The summed E-state index contributed by atoms with van der Waals surface area (Å²) in [5.41, 5.74) is 0.607. The van der Waals surface area contributed by atoms with E-state index < -0.39 is 10.2 Å². The minimum absolute atomic E-state index is 0.192. The molecule has 1 fully saturated rings. The van der Waals surface area contributed by atoms with Crippen molar-refractivity contribution < 1.29 is 17.9 Å². The summed E-state index contributed by atoms with van der Waals surface area (Å²) in [6.07, 6.45) is 3.42. The van der Waals surface area contributed by atoms with Gasteiger partial charge in [-0.1, -0.05) is 13.8 Å². The molecular formula is C19H29N5O4S. The highest BCUT2D eigenvalue weighted by Gasteiger charge is 2.33. The van der Waals surface area contributed by atoms with Crippen LogP contribution >= 0.6 is 0 Å². The topological polar surface area (TPSA) is 120 Å². The van der Waals surface area contributed by atoms with Gasteiger partial charge in [0.05, 0.1) is 19.7 Å². The smallest absolute Gasteiger partial charge is 0.274 e. The second kappa shape index (κ2) is 8.29. The van der Waals surface area contributed by atoms with Crippen molar-refractivity contribution in [1.29, 1.82) is 0 Å². The van der Waals surface area contributed by atoms with E-state index in [1.165, 1.54) is 0 Å². The maximum absolute atomic E-state index is 11.2. The number of rotatable bonds is 7. The van der Waals surface area contributed by atoms with Crippen molar-refractivity contribution in [3.63, 3.8) is 0 Å². The Balaban J connectivity index is 1.78. The summed E-state index contributed by atoms with van der Waals surface area (Å²) < 4.78 is 35.7. The predicted octanol–water partition coefficient (Wildman–Crippen LogP) is 1.68. The van der Waals surface area contributed by atoms with Crippen LogP contribution in [0.1, 0.15) is 26.7 Å². The average molecular weight is 424 g/mol. The number of fused-ring (bicyclic) bond motifs is 1. The third-order valence-electron chi connectivity index (χ3n) is 5.75. The third kappa shape index (κ3) is 4.88. The molecule has 0 saturated carbocycles. The summed E-state index contributed by atoms with van der Waals surface area (Å²) in [7, 11) is -0.478. The number of nitrogens with zero attached hydrogens (tertiary/aromatic N) is 3. The molecule has 1 aromatic carbocycles. The Morgan fingerprint density at radius 1 is 1.17 bits per heavy atom. The summed E-state index contributed by atoms with van der Waals surface area (Å²) in [4.78, 5) is 11.1. The molecule has 0 aliphatic carbocycles. The zero-order valence-electron chi connectivity index (χ0n) is 17.3. The van der Waals surface area contributed by atoms with Gasteiger partial charge in [-0.25, -0.2) is 19.8 Å². The lowest BCUT2D eigenvalue weighted by molar-refractivity contribution is 0.178. The molecule has 10 heteroatoms. The number of benzene rings is 1. The minimum atomic E-state index is -3.69. The number of ether oxygens (including phenoxy) is 2. The Bertz CT molecular complexity index is 972. The lowest BCUT2D eigenvalue weighted by Gasteiger charge is -2.41. The Hall–Kier alpha value is -2.17. The zero-order chi connectivity index (χ0) is 21.2. The fourth-order valence-electron chi connectivity index (χ4n) is 3.93. The van der Waals surface area contributed by atoms with Crippen LogP contribution in [-0.2, 0) is 10.2 Å². The number of aromatic nitrogens is 2. The zero-order valence-corrected chi connectivity index (χ0v) is 18.1. The van der Waals surface area contributed by atoms with Crippen LogP contribution in [0.2, 0.25) is 0 Å². The second-order valence-electron chi connectivity index (χ2n) is 8.04. The minimum Gasteiger partial charge on any atom is -0.493 e. The fraction of sp³-hybridized carbons (Fsp3) is 0.579. The van der Waals surface area contributed by atoms with Crippen molar-refractivity contribution in [3.8, 4) is 11.5 Å². The molecule has 3 N–H and O–H groups in total. The molecular weight excluding hydrogens is 394 g/mol. The molecule has 1 saturated heterocycles. The first-order valence-corrected chi connectivity index (χ1v) is 11.1. The van der Waals surface area contributed by atoms with E-state index in [0.29, 0.717) is 24.0 Å². The largest absolute Gasteiger partial charge is 0.493 e. The van der Waals surface area contributed by atoms with Crippen LogP contribution < -0.4 is 24.2 Å². The summed E-state index contributed by atoms with van der Waals surface area (Å²) in [6, 6.07) is 3.77. The number of methoxy groups -OCH3 is 2. The molecule has 160 valence electrons. The number of hydrogen-bond donors (Lipinski definition) is 2. The van der Waals surface area contributed by atoms with Gasteiger partial charge in [-0.15, -0.1) is 0 Å². The predicted molar refractivity (Wildman–Crippen MR) is 112 cm³/mol. The highest BCUT2D eigenvalue weighted by atomic mass is 32.2. The van der Waals surface area contributed by atoms with Crippen molar-refractivity contribution in [2.45, 2.75) is 26.7 Å². The molecule has 0 spiro atoms. The molecule has 0 radical (unpaired) electrons. The van der Waals surface area contributed by atoms with Gasteiger partial charge in [-0.3, -0.25) is 0 Å². The normalized spacial score (nSPS) is 16.2. The van der Waals surface area contributed by atoms with E-state index in [1.807, 2.05) is 12.1 Å². The second-order valence-corrected chi connectivity index (χ2v) is 9.42. The molecule has 2 heterocycles. The van der Waals surface area contributed by atoms with Crippen molar-refractivity contribution in [1.82, 2.24) is 14.7 Å². The summed E-state index contributed by atoms with van der Waals surface area (Å²) in [5, 5.41) is 6.00. The van der Waals surface area contributed by atoms with Crippen LogP contribution in [0.25, 0.3) is 10.9 Å². The Labute approximate surface area is 171 Å². The lowest BCUT2D eigenvalue weighted by Crippen LogP contribution is -2.45. The lowest BCUT2D eigenvalue weighted by atomic mass is 9.74. The molecule has 0 atom stereocenters. The first-order valence-electron chi connectivity index (χ1n) is 9.53. The van der Waals surface area contributed by atoms with E-state index in [0.717, 1.165) is 42.7 Å². The highest BCUT2D eigenvalue weighted by Crippen LogP contribution is 2.38. The quantitative estimate of drug-likeness (QED) is 0.695. The van der Waals surface area contributed by atoms with Gasteiger partial charge in [0, 0.05) is 31.1 Å². The van der Waals surface area contributed by atoms with Gasteiger partial charge in [0.15, 0.2) is 11.5 Å². The van der Waals surface area contributed by atoms with Crippen LogP contribution in [0.4, 0.5) is 5.82 Å². The summed E-state index contributed by atoms with van der Waals surface area (Å²) in [5.74, 6) is 2.51. The van der Waals surface area contributed by atoms with Crippen LogP contribution in [0.5, 0.6) is 11.5 Å². The first kappa shape index (κ1) is 21.5. The van der Waals surface area contributed by atoms with Crippen molar-refractivity contribution in [3.05, 3.63) is 18.5 Å². The van der Waals surface area contributed by atoms with Gasteiger partial charge in [-0.05, 0) is 30.2 Å². The number of nitrogens with one attached hydrogen (secondary N) is 1. The standard InChI is InChI=1S/C19H29N5O4S/c1-19(2,11-23-29(20,25)26)13-5-7-24(8-6-13)18-14-9-16(27-3)17(28-4)10-15(14)21-12-22-18/h9-10,12-13,23H,5-8,11H2,1-4H3,(H2,20,25,26). The van der Waals surface area contributed by atoms with E-state index in [-0.39, 0.29) is 5.41 Å². The highest BCUT2D eigenvalue weighted by molar-refractivity contribution is 7.87. The van der Waals surface area contributed by atoms with E-state index in [1.54, 1.807) is 20.5 Å². The van der Waals surface area contributed by atoms with E-state index >= 15 is 0 Å². The monoisotopic (exact) mass is 423 g/mol. The van der Waals surface area contributed by atoms with Crippen LogP contribution in [0, 0.1) is 11.3 Å². The van der Waals surface area contributed by atoms with E-state index in [2.05, 4.69) is 33.4 Å². The molecule has 1 aliphatic heterocycles. The third-order valence-corrected chi connectivity index (χ3v) is 6.29. The fourth-order valence-corrected chi connectivity index (χ4v) is 4.50. The van der Waals surface area contributed by atoms with Crippen molar-refractivity contribution in [2.75, 3.05) is 38.8 Å². The van der Waals surface area contributed by atoms with Crippen molar-refractivity contribution in [2.24, 2.45) is 16.5 Å². The average Bonchev–Trinajstić information content (AvgIpc) is 2.70. The molecule has 3 rings (SSSR count).